The van der Waals surface area contributed by atoms with Gasteiger partial charge in [0.2, 0.25) is 0 Å². The molecule has 0 N–H and O–H groups in total. The Morgan fingerprint density at radius 1 is 0.439 bits per heavy atom. The number of allylic oxidation sites excluding steroid dienone is 1. The van der Waals surface area contributed by atoms with E-state index < -0.39 is 0 Å². The molecular weight excluding hydrogens is 709 g/mol. The van der Waals surface area contributed by atoms with Gasteiger partial charge in [-0.1, -0.05) is 152 Å². The van der Waals surface area contributed by atoms with Crippen molar-refractivity contribution in [1.82, 2.24) is 0 Å². The summed E-state index contributed by atoms with van der Waals surface area (Å²) in [4.78, 5) is 0. The normalized spacial score (nSPS) is 11.9. The van der Waals surface area contributed by atoms with Gasteiger partial charge in [-0.2, -0.15) is 0 Å². The molecule has 0 atom stereocenters. The molecule has 0 aliphatic carbocycles. The second-order valence-electron chi connectivity index (χ2n) is 13.9. The van der Waals surface area contributed by atoms with E-state index in [1.165, 1.54) is 0 Å². The zero-order valence-electron chi connectivity index (χ0n) is 31.9. The maximum Gasteiger partial charge on any atom is 0.172 e. The molecule has 0 saturated heterocycles. The summed E-state index contributed by atoms with van der Waals surface area (Å²) in [5.41, 5.74) is 7.87. The average molecular weight is 753 g/mol. The van der Waals surface area contributed by atoms with Crippen LogP contribution in [0.3, 0.4) is 0 Å². The molecule has 284 valence electrons. The van der Waals surface area contributed by atoms with Crippen LogP contribution in [0.25, 0.3) is 5.76 Å². The van der Waals surface area contributed by atoms with E-state index in [-0.39, 0.29) is 0 Å². The molecule has 57 heavy (non-hydrogen) atoms. The second-order valence-corrected chi connectivity index (χ2v) is 13.9. The standard InChI is InChI=1S/C51H44O6/c1-37-44(27-28-46(53-33-39-19-9-3-10-20-39)50(37)56-36-42-25-15-6-16-26-42)51-49(55-35-41-23-13-5-14-24-41)31-45-47(54-34-40-21-11-4-12-22-40)29-43(30-48(45)57-51)52-32-38-17-7-2-8-18-38/h2-30H,31-36H2,1H3. The second kappa shape index (κ2) is 18.1. The van der Waals surface area contributed by atoms with Crippen LogP contribution in [-0.4, -0.2) is 0 Å². The fourth-order valence-corrected chi connectivity index (χ4v) is 6.69. The Morgan fingerprint density at radius 2 is 0.877 bits per heavy atom. The van der Waals surface area contributed by atoms with Crippen molar-refractivity contribution in [3.8, 4) is 28.7 Å². The van der Waals surface area contributed by atoms with Gasteiger partial charge >= 0.3 is 0 Å². The minimum atomic E-state index is 0.367. The molecule has 6 heteroatoms. The highest BCUT2D eigenvalue weighted by molar-refractivity contribution is 5.74. The van der Waals surface area contributed by atoms with Gasteiger partial charge in [-0.05, 0) is 46.9 Å². The summed E-state index contributed by atoms with van der Waals surface area (Å²) >= 11 is 0. The lowest BCUT2D eigenvalue weighted by Gasteiger charge is -2.28. The van der Waals surface area contributed by atoms with Crippen molar-refractivity contribution in [3.63, 3.8) is 0 Å². The number of hydrogen-bond acceptors (Lipinski definition) is 6. The molecule has 0 spiro atoms. The Balaban J connectivity index is 1.18. The fraction of sp³-hybridized carbons (Fsp3) is 0.137. The van der Waals surface area contributed by atoms with Crippen molar-refractivity contribution in [2.75, 3.05) is 0 Å². The van der Waals surface area contributed by atoms with E-state index in [4.69, 9.17) is 28.4 Å². The third-order valence-electron chi connectivity index (χ3n) is 9.76. The first-order valence-corrected chi connectivity index (χ1v) is 19.2. The first kappa shape index (κ1) is 37.0. The molecule has 0 aromatic heterocycles. The summed E-state index contributed by atoms with van der Waals surface area (Å²) in [7, 11) is 0. The SMILES string of the molecule is Cc1c(C2=C(OCc3ccccc3)Cc3c(OCc4ccccc4)cc(OCc4ccccc4)cc3O2)ccc(OCc2ccccc2)c1OCc1ccccc1. The van der Waals surface area contributed by atoms with Crippen molar-refractivity contribution in [2.45, 2.75) is 46.4 Å². The molecule has 0 radical (unpaired) electrons. The molecule has 1 heterocycles. The van der Waals surface area contributed by atoms with Crippen molar-refractivity contribution in [3.05, 3.63) is 226 Å². The molecular formula is C51H44O6. The van der Waals surface area contributed by atoms with Crippen LogP contribution in [0.1, 0.15) is 44.5 Å². The number of hydrogen-bond donors (Lipinski definition) is 0. The Bertz CT molecular complexity index is 2400. The van der Waals surface area contributed by atoms with E-state index in [2.05, 4.69) is 48.5 Å². The summed E-state index contributed by atoms with van der Waals surface area (Å²) < 4.78 is 39.7. The van der Waals surface area contributed by atoms with Crippen LogP contribution in [-0.2, 0) is 44.2 Å². The predicted molar refractivity (Wildman–Crippen MR) is 223 cm³/mol. The Labute approximate surface area is 334 Å². The van der Waals surface area contributed by atoms with Crippen molar-refractivity contribution >= 4 is 5.76 Å². The third kappa shape index (κ3) is 9.49. The van der Waals surface area contributed by atoms with Crippen molar-refractivity contribution < 1.29 is 28.4 Å². The number of ether oxygens (including phenoxy) is 6. The van der Waals surface area contributed by atoms with E-state index in [0.717, 1.165) is 44.5 Å². The lowest BCUT2D eigenvalue weighted by molar-refractivity contribution is 0.182. The maximum atomic E-state index is 6.97. The van der Waals surface area contributed by atoms with Gasteiger partial charge in [-0.25, -0.2) is 0 Å². The number of fused-ring (bicyclic) bond motifs is 1. The highest BCUT2D eigenvalue weighted by Gasteiger charge is 2.29. The predicted octanol–water partition coefficient (Wildman–Crippen LogP) is 11.8. The number of benzene rings is 7. The molecule has 6 nitrogen and oxygen atoms in total. The molecule has 0 amide bonds. The van der Waals surface area contributed by atoms with Crippen LogP contribution in [0, 0.1) is 6.92 Å². The summed E-state index contributed by atoms with van der Waals surface area (Å²) in [5, 5.41) is 0. The molecule has 1 aliphatic rings. The van der Waals surface area contributed by atoms with Gasteiger partial charge in [0.05, 0.1) is 0 Å². The fourth-order valence-electron chi connectivity index (χ4n) is 6.69. The van der Waals surface area contributed by atoms with Gasteiger partial charge in [0.25, 0.3) is 0 Å². The van der Waals surface area contributed by atoms with Crippen molar-refractivity contribution in [2.24, 2.45) is 0 Å². The van der Waals surface area contributed by atoms with Crippen LogP contribution < -0.4 is 23.7 Å². The summed E-state index contributed by atoms with van der Waals surface area (Å²) in [6.45, 7) is 3.97. The number of rotatable bonds is 16. The highest BCUT2D eigenvalue weighted by atomic mass is 16.5. The van der Waals surface area contributed by atoms with Gasteiger partial charge < -0.3 is 28.4 Å². The topological polar surface area (TPSA) is 55.4 Å². The Kier molecular flexibility index (Phi) is 11.8. The van der Waals surface area contributed by atoms with Crippen LogP contribution in [0.15, 0.2) is 182 Å². The van der Waals surface area contributed by atoms with Crippen LogP contribution in [0.5, 0.6) is 28.7 Å². The lowest BCUT2D eigenvalue weighted by atomic mass is 9.98. The van der Waals surface area contributed by atoms with Crippen LogP contribution in [0.2, 0.25) is 0 Å². The molecule has 1 aliphatic heterocycles. The molecule has 0 fully saturated rings. The summed E-state index contributed by atoms with van der Waals surface area (Å²) in [6, 6.07) is 58.5. The summed E-state index contributed by atoms with van der Waals surface area (Å²) in [6.07, 6.45) is 0.437. The quantitative estimate of drug-likeness (QED) is 0.0980. The van der Waals surface area contributed by atoms with Gasteiger partial charge in [-0.3, -0.25) is 0 Å². The van der Waals surface area contributed by atoms with E-state index in [9.17, 15) is 0 Å². The monoisotopic (exact) mass is 752 g/mol. The highest BCUT2D eigenvalue weighted by Crippen LogP contribution is 2.46. The smallest absolute Gasteiger partial charge is 0.172 e. The molecule has 0 unspecified atom stereocenters. The van der Waals surface area contributed by atoms with E-state index in [1.54, 1.807) is 0 Å². The average Bonchev–Trinajstić information content (AvgIpc) is 3.27. The minimum Gasteiger partial charge on any atom is -0.489 e. The Morgan fingerprint density at radius 3 is 1.39 bits per heavy atom. The zero-order chi connectivity index (χ0) is 38.7. The lowest BCUT2D eigenvalue weighted by Crippen LogP contribution is -2.15. The van der Waals surface area contributed by atoms with Gasteiger partial charge in [0, 0.05) is 35.2 Å². The first-order chi connectivity index (χ1) is 28.2. The maximum absolute atomic E-state index is 6.97. The van der Waals surface area contributed by atoms with Crippen molar-refractivity contribution in [1.29, 1.82) is 0 Å². The van der Waals surface area contributed by atoms with E-state index in [0.29, 0.717) is 79.7 Å². The summed E-state index contributed by atoms with van der Waals surface area (Å²) in [5.74, 6) is 4.53. The molecule has 7 aromatic carbocycles. The largest absolute Gasteiger partial charge is 0.489 e. The van der Waals surface area contributed by atoms with E-state index >= 15 is 0 Å². The van der Waals surface area contributed by atoms with Gasteiger partial charge in [0.15, 0.2) is 17.3 Å². The third-order valence-corrected chi connectivity index (χ3v) is 9.76. The van der Waals surface area contributed by atoms with Crippen LogP contribution >= 0.6 is 0 Å². The molecule has 8 rings (SSSR count). The van der Waals surface area contributed by atoms with Gasteiger partial charge in [-0.15, -0.1) is 0 Å². The minimum absolute atomic E-state index is 0.367. The zero-order valence-corrected chi connectivity index (χ0v) is 31.9. The molecule has 0 bridgehead atoms. The molecule has 0 saturated carbocycles. The Hall–Kier alpha value is -6.92. The first-order valence-electron chi connectivity index (χ1n) is 19.2. The van der Waals surface area contributed by atoms with Crippen LogP contribution in [0.4, 0.5) is 0 Å². The van der Waals surface area contributed by atoms with Gasteiger partial charge in [0.1, 0.15) is 56.0 Å². The molecule has 7 aromatic rings. The van der Waals surface area contributed by atoms with E-state index in [1.807, 2.05) is 134 Å².